The van der Waals surface area contributed by atoms with Gasteiger partial charge < -0.3 is 0 Å². The molecular weight excluding hydrogens is 391 g/mol. The summed E-state index contributed by atoms with van der Waals surface area (Å²) >= 11 is -0.0630. The molecule has 0 radical (unpaired) electrons. The fourth-order valence-electron chi connectivity index (χ4n) is 3.20. The van der Waals surface area contributed by atoms with E-state index < -0.39 is 11.7 Å². The van der Waals surface area contributed by atoms with Crippen molar-refractivity contribution in [2.75, 3.05) is 13.2 Å². The standard InChI is InChI=1S/C17H26N2O5Se/c1-4-5-6-7-21-8-11-12-13(24-17(2,3)23-12)14(22-11)16-19-10(9-25-16)15(18)20/h9,11-14H,4-8H2,1-3H3,(H2,18,20)/t11-,12-,13-,14-/m1/s1. The summed E-state index contributed by atoms with van der Waals surface area (Å²) < 4.78 is 24.9. The van der Waals surface area contributed by atoms with E-state index in [0.29, 0.717) is 12.3 Å². The molecule has 0 aromatic carbocycles. The second-order valence-corrected chi connectivity index (χ2v) is 8.74. The molecule has 0 bridgehead atoms. The summed E-state index contributed by atoms with van der Waals surface area (Å²) in [5, 5.41) is 0. The van der Waals surface area contributed by atoms with Crippen molar-refractivity contribution in [2.24, 2.45) is 5.73 Å². The second kappa shape index (κ2) is 7.86. The van der Waals surface area contributed by atoms with Crippen molar-refractivity contribution in [3.05, 3.63) is 15.2 Å². The van der Waals surface area contributed by atoms with Gasteiger partial charge in [0.2, 0.25) is 0 Å². The van der Waals surface area contributed by atoms with E-state index in [4.69, 9.17) is 24.7 Å². The molecule has 0 unspecified atom stereocenters. The van der Waals surface area contributed by atoms with E-state index in [9.17, 15) is 4.79 Å². The molecule has 2 saturated heterocycles. The number of rotatable bonds is 8. The molecule has 4 atom stereocenters. The van der Waals surface area contributed by atoms with Crippen LogP contribution in [0.1, 0.15) is 61.2 Å². The van der Waals surface area contributed by atoms with Crippen LogP contribution in [0.4, 0.5) is 0 Å². The number of carbonyl (C=O) groups excluding carboxylic acids is 1. The number of unbranched alkanes of at least 4 members (excludes halogenated alkanes) is 2. The molecule has 3 rings (SSSR count). The molecule has 2 aliphatic rings. The van der Waals surface area contributed by atoms with Gasteiger partial charge in [-0.05, 0) is 0 Å². The first-order valence-electron chi connectivity index (χ1n) is 8.75. The van der Waals surface area contributed by atoms with Crippen molar-refractivity contribution in [2.45, 2.75) is 70.2 Å². The summed E-state index contributed by atoms with van der Waals surface area (Å²) in [4.78, 5) is 17.5. The fourth-order valence-corrected chi connectivity index (χ4v) is 5.04. The summed E-state index contributed by atoms with van der Waals surface area (Å²) in [5.74, 6) is -1.17. The Hall–Kier alpha value is -0.761. The van der Waals surface area contributed by atoms with Gasteiger partial charge in [-0.2, -0.15) is 0 Å². The number of hydrogen-bond donors (Lipinski definition) is 1. The Kier molecular flexibility index (Phi) is 5.98. The van der Waals surface area contributed by atoms with Gasteiger partial charge in [0.1, 0.15) is 0 Å². The number of aromatic nitrogens is 1. The maximum atomic E-state index is 11.3. The number of nitrogens with two attached hydrogens (primary N) is 1. The Morgan fingerprint density at radius 3 is 2.80 bits per heavy atom. The second-order valence-electron chi connectivity index (χ2n) is 6.88. The normalized spacial score (nSPS) is 30.5. The number of hydrogen-bond acceptors (Lipinski definition) is 6. The Labute approximate surface area is 153 Å². The number of amides is 1. The first-order valence-corrected chi connectivity index (χ1v) is 10.6. The zero-order valence-electron chi connectivity index (χ0n) is 14.9. The zero-order valence-corrected chi connectivity index (χ0v) is 16.6. The average Bonchev–Trinajstić information content (AvgIpc) is 3.21. The van der Waals surface area contributed by atoms with Crippen LogP contribution in [0.25, 0.3) is 0 Å². The van der Waals surface area contributed by atoms with Crippen LogP contribution in [-0.2, 0) is 18.9 Å². The molecular formula is C17H26N2O5Se. The van der Waals surface area contributed by atoms with Crippen LogP contribution in [0.5, 0.6) is 0 Å². The molecule has 7 nitrogen and oxygen atoms in total. The summed E-state index contributed by atoms with van der Waals surface area (Å²) in [6.45, 7) is 7.15. The van der Waals surface area contributed by atoms with E-state index in [0.717, 1.165) is 30.4 Å². The van der Waals surface area contributed by atoms with Crippen molar-refractivity contribution in [3.8, 4) is 0 Å². The predicted octanol–water partition coefficient (Wildman–Crippen LogP) is 1.40. The van der Waals surface area contributed by atoms with E-state index in [1.807, 2.05) is 13.8 Å². The first kappa shape index (κ1) is 19.0. The summed E-state index contributed by atoms with van der Waals surface area (Å²) in [7, 11) is 0. The molecule has 2 aliphatic heterocycles. The van der Waals surface area contributed by atoms with Gasteiger partial charge in [-0.25, -0.2) is 0 Å². The van der Waals surface area contributed by atoms with Gasteiger partial charge in [-0.15, -0.1) is 0 Å². The number of fused-ring (bicyclic) bond motifs is 1. The number of carbonyl (C=O) groups is 1. The van der Waals surface area contributed by atoms with Gasteiger partial charge in [-0.3, -0.25) is 0 Å². The number of ether oxygens (including phenoxy) is 4. The molecule has 25 heavy (non-hydrogen) atoms. The predicted molar refractivity (Wildman–Crippen MR) is 91.5 cm³/mol. The van der Waals surface area contributed by atoms with Crippen LogP contribution < -0.4 is 5.73 Å². The Morgan fingerprint density at radius 1 is 1.36 bits per heavy atom. The van der Waals surface area contributed by atoms with E-state index >= 15 is 0 Å². The van der Waals surface area contributed by atoms with Gasteiger partial charge in [0, 0.05) is 0 Å². The van der Waals surface area contributed by atoms with Crippen LogP contribution in [-0.4, -0.2) is 62.7 Å². The van der Waals surface area contributed by atoms with Crippen LogP contribution in [0.3, 0.4) is 0 Å². The van der Waals surface area contributed by atoms with Crippen LogP contribution >= 0.6 is 0 Å². The molecule has 1 aromatic rings. The number of nitrogens with zero attached hydrogens (tertiary/aromatic N) is 1. The van der Waals surface area contributed by atoms with Crippen LogP contribution in [0.2, 0.25) is 0 Å². The quantitative estimate of drug-likeness (QED) is 0.508. The van der Waals surface area contributed by atoms with Gasteiger partial charge >= 0.3 is 154 Å². The van der Waals surface area contributed by atoms with Crippen molar-refractivity contribution in [1.82, 2.24) is 4.98 Å². The molecule has 140 valence electrons. The number of primary amides is 1. The SMILES string of the molecule is CCCCCOC[C@H]1O[C@@H](c2nc(C(N)=O)c[se]2)[C@@H]2OC(C)(C)O[C@@H]21. The molecule has 0 saturated carbocycles. The van der Waals surface area contributed by atoms with E-state index in [1.165, 1.54) is 0 Å². The third kappa shape index (κ3) is 4.32. The zero-order chi connectivity index (χ0) is 18.0. The van der Waals surface area contributed by atoms with Crippen molar-refractivity contribution < 1.29 is 23.7 Å². The summed E-state index contributed by atoms with van der Waals surface area (Å²) in [5.41, 5.74) is 5.63. The van der Waals surface area contributed by atoms with Crippen molar-refractivity contribution in [3.63, 3.8) is 0 Å². The van der Waals surface area contributed by atoms with Crippen LogP contribution in [0.15, 0.2) is 4.94 Å². The van der Waals surface area contributed by atoms with Gasteiger partial charge in [-0.1, -0.05) is 0 Å². The van der Waals surface area contributed by atoms with E-state index in [-0.39, 0.29) is 38.9 Å². The molecule has 1 aromatic heterocycles. The molecule has 1 amide bonds. The molecule has 2 N–H and O–H groups in total. The Bertz CT molecular complexity index is 606. The van der Waals surface area contributed by atoms with Gasteiger partial charge in [0.25, 0.3) is 0 Å². The monoisotopic (exact) mass is 418 g/mol. The Morgan fingerprint density at radius 2 is 2.12 bits per heavy atom. The summed E-state index contributed by atoms with van der Waals surface area (Å²) in [6.07, 6.45) is 2.43. The van der Waals surface area contributed by atoms with Crippen molar-refractivity contribution in [1.29, 1.82) is 0 Å². The third-order valence-electron chi connectivity index (χ3n) is 4.34. The minimum absolute atomic E-state index is 0.0630. The third-order valence-corrected chi connectivity index (χ3v) is 6.24. The van der Waals surface area contributed by atoms with E-state index in [1.54, 1.807) is 4.94 Å². The van der Waals surface area contributed by atoms with Crippen LogP contribution in [0, 0.1) is 0 Å². The molecule has 0 spiro atoms. The van der Waals surface area contributed by atoms with Crippen molar-refractivity contribution >= 4 is 20.4 Å². The minimum atomic E-state index is -0.663. The summed E-state index contributed by atoms with van der Waals surface area (Å²) in [6, 6.07) is 0. The molecule has 3 heterocycles. The first-order chi connectivity index (χ1) is 11.9. The molecule has 0 aliphatic carbocycles. The molecule has 8 heteroatoms. The fraction of sp³-hybridized carbons (Fsp3) is 0.765. The average molecular weight is 417 g/mol. The Balaban J connectivity index is 1.68. The van der Waals surface area contributed by atoms with E-state index in [2.05, 4.69) is 11.9 Å². The molecule has 2 fully saturated rings. The van der Waals surface area contributed by atoms with Gasteiger partial charge in [0.15, 0.2) is 0 Å². The topological polar surface area (TPSA) is 92.9 Å². The maximum absolute atomic E-state index is 11.3. The van der Waals surface area contributed by atoms with Gasteiger partial charge in [0.05, 0.1) is 0 Å².